The van der Waals surface area contributed by atoms with E-state index >= 15 is 0 Å². The molecular weight excluding hydrogens is 314 g/mol. The molecule has 3 aromatic rings. The van der Waals surface area contributed by atoms with Crippen LogP contribution in [0.2, 0.25) is 0 Å². The quantitative estimate of drug-likeness (QED) is 0.731. The van der Waals surface area contributed by atoms with Gasteiger partial charge in [0.05, 0.1) is 37.0 Å². The highest BCUT2D eigenvalue weighted by Gasteiger charge is 2.15. The molecule has 0 unspecified atom stereocenters. The van der Waals surface area contributed by atoms with Gasteiger partial charge in [0.2, 0.25) is 0 Å². The Hall–Kier alpha value is -2.81. The number of anilines is 1. The van der Waals surface area contributed by atoms with Gasteiger partial charge >= 0.3 is 0 Å². The summed E-state index contributed by atoms with van der Waals surface area (Å²) in [5.41, 5.74) is 9.56. The zero-order valence-electron chi connectivity index (χ0n) is 13.9. The molecule has 0 saturated carbocycles. The summed E-state index contributed by atoms with van der Waals surface area (Å²) >= 11 is 0. The lowest BCUT2D eigenvalue weighted by atomic mass is 10.0. The number of nitrogens with two attached hydrogens (primary N) is 1. The third-order valence-electron chi connectivity index (χ3n) is 4.34. The lowest BCUT2D eigenvalue weighted by Gasteiger charge is -2.24. The van der Waals surface area contributed by atoms with Gasteiger partial charge in [-0.05, 0) is 5.56 Å². The molecular formula is C20H19N3O2. The molecule has 1 aromatic carbocycles. The highest BCUT2D eigenvalue weighted by atomic mass is 16.5. The second-order valence-electron chi connectivity index (χ2n) is 5.97. The van der Waals surface area contributed by atoms with Gasteiger partial charge < -0.3 is 14.9 Å². The maximum atomic E-state index is 6.11. The van der Waals surface area contributed by atoms with E-state index in [1.165, 1.54) is 0 Å². The van der Waals surface area contributed by atoms with Crippen LogP contribution in [0.25, 0.3) is 22.1 Å². The van der Waals surface area contributed by atoms with Crippen molar-refractivity contribution in [2.45, 2.75) is 0 Å². The number of pyridine rings is 1. The van der Waals surface area contributed by atoms with Gasteiger partial charge in [0.15, 0.2) is 5.58 Å². The number of hydrogen-bond acceptors (Lipinski definition) is 5. The predicted molar refractivity (Wildman–Crippen MR) is 98.0 cm³/mol. The summed E-state index contributed by atoms with van der Waals surface area (Å²) in [4.78, 5) is 6.59. The van der Waals surface area contributed by atoms with Crippen molar-refractivity contribution in [3.63, 3.8) is 0 Å². The van der Waals surface area contributed by atoms with Crippen molar-refractivity contribution in [3.8, 4) is 23.0 Å². The maximum Gasteiger partial charge on any atom is 0.155 e. The maximum absolute atomic E-state index is 6.11. The molecule has 2 aromatic heterocycles. The minimum Gasteiger partial charge on any atom is -0.462 e. The zero-order valence-corrected chi connectivity index (χ0v) is 13.9. The van der Waals surface area contributed by atoms with E-state index in [1.807, 2.05) is 30.3 Å². The Labute approximate surface area is 146 Å². The monoisotopic (exact) mass is 333 g/mol. The van der Waals surface area contributed by atoms with Gasteiger partial charge in [-0.2, -0.15) is 0 Å². The minimum atomic E-state index is 0.460. The van der Waals surface area contributed by atoms with Gasteiger partial charge in [0.1, 0.15) is 5.82 Å². The smallest absolute Gasteiger partial charge is 0.155 e. The van der Waals surface area contributed by atoms with Crippen molar-refractivity contribution in [2.75, 3.05) is 38.6 Å². The van der Waals surface area contributed by atoms with E-state index < -0.39 is 0 Å². The summed E-state index contributed by atoms with van der Waals surface area (Å²) in [6, 6.07) is 10.0. The van der Waals surface area contributed by atoms with Crippen molar-refractivity contribution >= 4 is 16.8 Å². The molecule has 0 radical (unpaired) electrons. The molecule has 126 valence electrons. The number of hydrogen-bond donors (Lipinski definition) is 1. The molecule has 0 atom stereocenters. The highest BCUT2D eigenvalue weighted by Crippen LogP contribution is 2.34. The molecule has 0 spiro atoms. The van der Waals surface area contributed by atoms with Crippen LogP contribution >= 0.6 is 0 Å². The van der Waals surface area contributed by atoms with Crippen LogP contribution in [0.5, 0.6) is 0 Å². The van der Waals surface area contributed by atoms with Crippen molar-refractivity contribution in [2.24, 2.45) is 0 Å². The van der Waals surface area contributed by atoms with Gasteiger partial charge in [-0.15, -0.1) is 0 Å². The van der Waals surface area contributed by atoms with Gasteiger partial charge in [0.25, 0.3) is 0 Å². The molecule has 0 amide bonds. The molecule has 1 fully saturated rings. The van der Waals surface area contributed by atoms with Crippen LogP contribution < -0.4 is 5.73 Å². The Balaban J connectivity index is 1.67. The largest absolute Gasteiger partial charge is 0.462 e. The summed E-state index contributed by atoms with van der Waals surface area (Å²) in [5, 5.41) is 0.823. The van der Waals surface area contributed by atoms with E-state index in [1.54, 1.807) is 12.5 Å². The number of furan rings is 1. The molecule has 1 aliphatic rings. The van der Waals surface area contributed by atoms with E-state index in [0.717, 1.165) is 48.4 Å². The van der Waals surface area contributed by atoms with Crippen LogP contribution in [0.4, 0.5) is 5.82 Å². The number of rotatable bonds is 2. The van der Waals surface area contributed by atoms with E-state index in [-0.39, 0.29) is 0 Å². The number of nitrogen functional groups attached to an aromatic ring is 1. The standard InChI is InChI=1S/C20H19N3O2/c21-20-18-17(15-5-2-1-3-6-15)14-25-19(18)16(13-22-20)7-4-8-23-9-11-24-12-10-23/h1-3,5-6,13-14H,8-12H2,(H2,21,22). The average Bonchev–Trinajstić information content (AvgIpc) is 3.11. The Morgan fingerprint density at radius 1 is 1.16 bits per heavy atom. The first-order chi connectivity index (χ1) is 12.3. The predicted octanol–water partition coefficient (Wildman–Crippen LogP) is 2.76. The SMILES string of the molecule is Nc1ncc(C#CCN2CCOCC2)c2occ(-c3ccccc3)c12. The first-order valence-corrected chi connectivity index (χ1v) is 8.33. The second kappa shape index (κ2) is 6.98. The molecule has 5 nitrogen and oxygen atoms in total. The summed E-state index contributed by atoms with van der Waals surface area (Å²) in [6.45, 7) is 4.09. The number of morpholine rings is 1. The first-order valence-electron chi connectivity index (χ1n) is 8.33. The van der Waals surface area contributed by atoms with Crippen LogP contribution in [0.3, 0.4) is 0 Å². The molecule has 2 N–H and O–H groups in total. The van der Waals surface area contributed by atoms with Crippen molar-refractivity contribution in [1.29, 1.82) is 0 Å². The van der Waals surface area contributed by atoms with Crippen LogP contribution in [0.15, 0.2) is 47.2 Å². The van der Waals surface area contributed by atoms with Crippen LogP contribution in [0, 0.1) is 11.8 Å². The van der Waals surface area contributed by atoms with E-state index in [9.17, 15) is 0 Å². The molecule has 5 heteroatoms. The number of benzene rings is 1. The normalized spacial score (nSPS) is 15.0. The van der Waals surface area contributed by atoms with Gasteiger partial charge in [0, 0.05) is 24.8 Å². The topological polar surface area (TPSA) is 64.5 Å². The number of ether oxygens (including phenoxy) is 1. The third kappa shape index (κ3) is 3.22. The summed E-state index contributed by atoms with van der Waals surface area (Å²) in [5.74, 6) is 6.85. The molecule has 0 aliphatic carbocycles. The molecule has 4 rings (SSSR count). The second-order valence-corrected chi connectivity index (χ2v) is 5.97. The fourth-order valence-electron chi connectivity index (χ4n) is 2.99. The van der Waals surface area contributed by atoms with Crippen molar-refractivity contribution in [3.05, 3.63) is 48.4 Å². The highest BCUT2D eigenvalue weighted by molar-refractivity contribution is 6.02. The van der Waals surface area contributed by atoms with Crippen LogP contribution in [-0.4, -0.2) is 42.7 Å². The molecule has 1 saturated heterocycles. The Bertz CT molecular complexity index is 932. The number of fused-ring (bicyclic) bond motifs is 1. The van der Waals surface area contributed by atoms with Gasteiger partial charge in [-0.25, -0.2) is 4.98 Å². The lowest BCUT2D eigenvalue weighted by Crippen LogP contribution is -2.36. The average molecular weight is 333 g/mol. The summed E-state index contributed by atoms with van der Waals surface area (Å²) < 4.78 is 11.2. The number of nitrogens with zero attached hydrogens (tertiary/aromatic N) is 2. The van der Waals surface area contributed by atoms with E-state index in [4.69, 9.17) is 14.9 Å². The van der Waals surface area contributed by atoms with Crippen molar-refractivity contribution < 1.29 is 9.15 Å². The van der Waals surface area contributed by atoms with Crippen LogP contribution in [0.1, 0.15) is 5.56 Å². The fraction of sp³-hybridized carbons (Fsp3) is 0.250. The van der Waals surface area contributed by atoms with Crippen LogP contribution in [-0.2, 0) is 4.74 Å². The van der Waals surface area contributed by atoms with Crippen molar-refractivity contribution in [1.82, 2.24) is 9.88 Å². The summed E-state index contributed by atoms with van der Waals surface area (Å²) in [6.07, 6.45) is 3.41. The van der Waals surface area contributed by atoms with Gasteiger partial charge in [-0.3, -0.25) is 4.90 Å². The van der Waals surface area contributed by atoms with E-state index in [2.05, 4.69) is 21.7 Å². The Morgan fingerprint density at radius 3 is 2.76 bits per heavy atom. The molecule has 3 heterocycles. The zero-order chi connectivity index (χ0) is 17.1. The Kier molecular flexibility index (Phi) is 4.38. The van der Waals surface area contributed by atoms with Gasteiger partial charge in [-0.1, -0.05) is 42.2 Å². The fourth-order valence-corrected chi connectivity index (χ4v) is 2.99. The molecule has 25 heavy (non-hydrogen) atoms. The summed E-state index contributed by atoms with van der Waals surface area (Å²) in [7, 11) is 0. The molecule has 1 aliphatic heterocycles. The third-order valence-corrected chi connectivity index (χ3v) is 4.34. The first kappa shape index (κ1) is 15.7. The minimum absolute atomic E-state index is 0.460. The Morgan fingerprint density at radius 2 is 1.96 bits per heavy atom. The van der Waals surface area contributed by atoms with E-state index in [0.29, 0.717) is 17.9 Å². The lowest BCUT2D eigenvalue weighted by molar-refractivity contribution is 0.0443. The number of aromatic nitrogens is 1. The molecule has 0 bridgehead atoms.